The highest BCUT2D eigenvalue weighted by Gasteiger charge is 2.06. The largest absolute Gasteiger partial charge is 0.481 e. The first-order valence-electron chi connectivity index (χ1n) is 6.20. The number of carbonyl (C=O) groups excluding carboxylic acids is 1. The van der Waals surface area contributed by atoms with Crippen molar-refractivity contribution in [3.05, 3.63) is 34.4 Å². The van der Waals surface area contributed by atoms with Crippen LogP contribution >= 0.6 is 0 Å². The third kappa shape index (κ3) is 4.99. The van der Waals surface area contributed by atoms with Gasteiger partial charge in [-0.3, -0.25) is 4.79 Å². The number of carboxylic acids is 1. The van der Waals surface area contributed by atoms with E-state index in [0.717, 1.165) is 16.7 Å². The molecular weight excluding hydrogens is 244 g/mol. The zero-order chi connectivity index (χ0) is 14.4. The van der Waals surface area contributed by atoms with E-state index in [9.17, 15) is 9.59 Å². The lowest BCUT2D eigenvalue weighted by molar-refractivity contribution is -0.136. The summed E-state index contributed by atoms with van der Waals surface area (Å²) >= 11 is 0. The second-order valence-corrected chi connectivity index (χ2v) is 4.63. The summed E-state index contributed by atoms with van der Waals surface area (Å²) in [4.78, 5) is 21.8. The van der Waals surface area contributed by atoms with Crippen molar-refractivity contribution in [1.29, 1.82) is 0 Å². The number of urea groups is 1. The molecule has 1 aromatic rings. The van der Waals surface area contributed by atoms with Crippen LogP contribution in [0.1, 0.15) is 28.7 Å². The van der Waals surface area contributed by atoms with Gasteiger partial charge >= 0.3 is 12.0 Å². The molecular formula is C14H20N2O3. The van der Waals surface area contributed by atoms with Gasteiger partial charge in [0.15, 0.2) is 0 Å². The third-order valence-corrected chi connectivity index (χ3v) is 2.89. The first kappa shape index (κ1) is 15.0. The van der Waals surface area contributed by atoms with Gasteiger partial charge in [-0.1, -0.05) is 17.7 Å². The lowest BCUT2D eigenvalue weighted by atomic mass is 10.00. The molecule has 5 heteroatoms. The van der Waals surface area contributed by atoms with Gasteiger partial charge in [0.1, 0.15) is 0 Å². The van der Waals surface area contributed by atoms with Crippen LogP contribution in [0.2, 0.25) is 0 Å². The van der Waals surface area contributed by atoms with E-state index in [-0.39, 0.29) is 19.0 Å². The molecule has 1 aromatic carbocycles. The molecule has 0 aromatic heterocycles. The van der Waals surface area contributed by atoms with Crippen LogP contribution in [0.15, 0.2) is 12.1 Å². The van der Waals surface area contributed by atoms with E-state index in [0.29, 0.717) is 6.54 Å². The molecule has 2 amide bonds. The molecule has 5 nitrogen and oxygen atoms in total. The van der Waals surface area contributed by atoms with Crippen LogP contribution in [-0.4, -0.2) is 23.7 Å². The maximum atomic E-state index is 11.5. The molecule has 0 aliphatic heterocycles. The Hall–Kier alpha value is -2.04. The average molecular weight is 264 g/mol. The molecule has 1 rings (SSSR count). The van der Waals surface area contributed by atoms with Crippen LogP contribution in [-0.2, 0) is 11.3 Å². The van der Waals surface area contributed by atoms with Crippen LogP contribution in [0.4, 0.5) is 4.79 Å². The molecule has 0 aliphatic rings. The Balaban J connectivity index is 2.48. The number of carboxylic acid groups (broad SMARTS) is 1. The lowest BCUT2D eigenvalue weighted by Crippen LogP contribution is -2.36. The molecule has 0 bridgehead atoms. The molecule has 19 heavy (non-hydrogen) atoms. The van der Waals surface area contributed by atoms with Gasteiger partial charge < -0.3 is 15.7 Å². The van der Waals surface area contributed by atoms with E-state index in [1.54, 1.807) is 0 Å². The Morgan fingerprint density at radius 3 is 2.21 bits per heavy atom. The van der Waals surface area contributed by atoms with Crippen LogP contribution in [0.25, 0.3) is 0 Å². The Labute approximate surface area is 113 Å². The van der Waals surface area contributed by atoms with Crippen molar-refractivity contribution in [3.8, 4) is 0 Å². The molecule has 0 aliphatic carbocycles. The molecule has 0 radical (unpaired) electrons. The number of hydrogen-bond acceptors (Lipinski definition) is 2. The van der Waals surface area contributed by atoms with Crippen molar-refractivity contribution in [2.24, 2.45) is 0 Å². The fourth-order valence-electron chi connectivity index (χ4n) is 2.00. The smallest absolute Gasteiger partial charge is 0.315 e. The summed E-state index contributed by atoms with van der Waals surface area (Å²) < 4.78 is 0. The van der Waals surface area contributed by atoms with E-state index in [1.165, 1.54) is 5.56 Å². The van der Waals surface area contributed by atoms with Gasteiger partial charge in [-0.15, -0.1) is 0 Å². The minimum atomic E-state index is -0.925. The van der Waals surface area contributed by atoms with E-state index < -0.39 is 5.97 Å². The Morgan fingerprint density at radius 1 is 1.11 bits per heavy atom. The number of rotatable bonds is 5. The van der Waals surface area contributed by atoms with Gasteiger partial charge in [0.05, 0.1) is 6.42 Å². The van der Waals surface area contributed by atoms with Gasteiger partial charge in [-0.2, -0.15) is 0 Å². The van der Waals surface area contributed by atoms with E-state index in [1.807, 2.05) is 20.8 Å². The number of nitrogens with one attached hydrogen (secondary N) is 2. The molecule has 0 unspecified atom stereocenters. The number of aliphatic carboxylic acids is 1. The second-order valence-electron chi connectivity index (χ2n) is 4.63. The fraction of sp³-hybridized carbons (Fsp3) is 0.429. The minimum Gasteiger partial charge on any atom is -0.481 e. The summed E-state index contributed by atoms with van der Waals surface area (Å²) in [6, 6.07) is 3.80. The Morgan fingerprint density at radius 2 is 1.68 bits per heavy atom. The Kier molecular flexibility index (Phi) is 5.36. The zero-order valence-electron chi connectivity index (χ0n) is 11.5. The highest BCUT2D eigenvalue weighted by Crippen LogP contribution is 2.15. The molecule has 104 valence electrons. The van der Waals surface area contributed by atoms with E-state index in [2.05, 4.69) is 22.8 Å². The summed E-state index contributed by atoms with van der Waals surface area (Å²) in [5.41, 5.74) is 4.58. The fourth-order valence-corrected chi connectivity index (χ4v) is 2.00. The van der Waals surface area contributed by atoms with Crippen molar-refractivity contribution < 1.29 is 14.7 Å². The summed E-state index contributed by atoms with van der Waals surface area (Å²) in [7, 11) is 0. The Bertz CT molecular complexity index is 461. The van der Waals surface area contributed by atoms with Crippen molar-refractivity contribution in [2.75, 3.05) is 6.54 Å². The number of amides is 2. The normalized spacial score (nSPS) is 10.1. The quantitative estimate of drug-likeness (QED) is 0.760. The van der Waals surface area contributed by atoms with Crippen LogP contribution < -0.4 is 10.6 Å². The third-order valence-electron chi connectivity index (χ3n) is 2.89. The number of hydrogen-bond donors (Lipinski definition) is 3. The van der Waals surface area contributed by atoms with Crippen molar-refractivity contribution in [3.63, 3.8) is 0 Å². The summed E-state index contributed by atoms with van der Waals surface area (Å²) in [5.74, 6) is -0.925. The maximum absolute atomic E-state index is 11.5. The SMILES string of the molecule is Cc1cc(C)c(CNC(=O)NCCC(=O)O)c(C)c1. The molecule has 3 N–H and O–H groups in total. The average Bonchev–Trinajstić information content (AvgIpc) is 2.26. The maximum Gasteiger partial charge on any atom is 0.315 e. The van der Waals surface area contributed by atoms with E-state index in [4.69, 9.17) is 5.11 Å². The van der Waals surface area contributed by atoms with Gasteiger partial charge in [0, 0.05) is 13.1 Å². The number of aryl methyl sites for hydroxylation is 3. The predicted octanol–water partition coefficient (Wildman–Crippen LogP) is 1.89. The molecule has 0 spiro atoms. The molecule has 0 atom stereocenters. The summed E-state index contributed by atoms with van der Waals surface area (Å²) in [5, 5.41) is 13.7. The van der Waals surface area contributed by atoms with Crippen molar-refractivity contribution in [1.82, 2.24) is 10.6 Å². The molecule has 0 fully saturated rings. The zero-order valence-corrected chi connectivity index (χ0v) is 11.5. The number of benzene rings is 1. The summed E-state index contributed by atoms with van der Waals surface area (Å²) in [6.45, 7) is 6.64. The highest BCUT2D eigenvalue weighted by molar-refractivity contribution is 5.75. The van der Waals surface area contributed by atoms with Crippen LogP contribution in [0.5, 0.6) is 0 Å². The van der Waals surface area contributed by atoms with Crippen LogP contribution in [0.3, 0.4) is 0 Å². The minimum absolute atomic E-state index is 0.0734. The van der Waals surface area contributed by atoms with E-state index >= 15 is 0 Å². The molecule has 0 saturated heterocycles. The molecule has 0 heterocycles. The number of carbonyl (C=O) groups is 2. The first-order chi connectivity index (χ1) is 8.90. The van der Waals surface area contributed by atoms with Gasteiger partial charge in [-0.25, -0.2) is 4.79 Å². The lowest BCUT2D eigenvalue weighted by Gasteiger charge is -2.12. The topological polar surface area (TPSA) is 78.4 Å². The molecule has 0 saturated carbocycles. The highest BCUT2D eigenvalue weighted by atomic mass is 16.4. The van der Waals surface area contributed by atoms with Gasteiger partial charge in [0.2, 0.25) is 0 Å². The standard InChI is InChI=1S/C14H20N2O3/c1-9-6-10(2)12(11(3)7-9)8-16-14(19)15-5-4-13(17)18/h6-7H,4-5,8H2,1-3H3,(H,17,18)(H2,15,16,19). The predicted molar refractivity (Wildman–Crippen MR) is 73.1 cm³/mol. The van der Waals surface area contributed by atoms with Gasteiger partial charge in [0.25, 0.3) is 0 Å². The van der Waals surface area contributed by atoms with Crippen molar-refractivity contribution in [2.45, 2.75) is 33.7 Å². The van der Waals surface area contributed by atoms with Gasteiger partial charge in [-0.05, 0) is 37.5 Å². The van der Waals surface area contributed by atoms with Crippen LogP contribution in [0, 0.1) is 20.8 Å². The summed E-state index contributed by atoms with van der Waals surface area (Å²) in [6.07, 6.45) is -0.0734. The first-order valence-corrected chi connectivity index (χ1v) is 6.20. The monoisotopic (exact) mass is 264 g/mol. The second kappa shape index (κ2) is 6.78. The van der Waals surface area contributed by atoms with Crippen molar-refractivity contribution >= 4 is 12.0 Å².